The van der Waals surface area contributed by atoms with Crippen LogP contribution in [0.1, 0.15) is 16.1 Å². The number of carbonyl (C=O) groups excluding carboxylic acids is 1. The van der Waals surface area contributed by atoms with Crippen molar-refractivity contribution in [2.24, 2.45) is 0 Å². The Bertz CT molecular complexity index is 692. The van der Waals surface area contributed by atoms with E-state index < -0.39 is 0 Å². The number of rotatable bonds is 3. The first-order valence-corrected chi connectivity index (χ1v) is 5.44. The summed E-state index contributed by atoms with van der Waals surface area (Å²) in [5.74, 6) is -0.00741. The second-order valence-electron chi connectivity index (χ2n) is 3.84. The molecule has 18 heavy (non-hydrogen) atoms. The van der Waals surface area contributed by atoms with Crippen LogP contribution in [-0.4, -0.2) is 20.7 Å². The summed E-state index contributed by atoms with van der Waals surface area (Å²) in [5, 5.41) is 0. The number of oxazole rings is 1. The minimum Gasteiger partial charge on any atom is -0.443 e. The lowest BCUT2D eigenvalue weighted by Crippen LogP contribution is -2.04. The van der Waals surface area contributed by atoms with Crippen LogP contribution in [0.4, 0.5) is 0 Å². The van der Waals surface area contributed by atoms with E-state index in [-0.39, 0.29) is 12.2 Å². The number of Topliss-reactive ketones (excluding diaryl/α,β-unsaturated/α-hetero) is 1. The number of aromatic nitrogens is 3. The maximum atomic E-state index is 12.1. The second-order valence-corrected chi connectivity index (χ2v) is 3.84. The van der Waals surface area contributed by atoms with Crippen LogP contribution in [0.2, 0.25) is 0 Å². The SMILES string of the molecule is O=C(Cc1ccncn1)c1ccc2ncoc2c1. The summed E-state index contributed by atoms with van der Waals surface area (Å²) in [5.41, 5.74) is 2.66. The standard InChI is InChI=1S/C13H9N3O2/c17-12(6-10-3-4-14-7-15-10)9-1-2-11-13(5-9)18-8-16-11/h1-5,7-8H,6H2. The fourth-order valence-corrected chi connectivity index (χ4v) is 1.72. The van der Waals surface area contributed by atoms with Crippen LogP contribution in [-0.2, 0) is 6.42 Å². The molecule has 0 N–H and O–H groups in total. The molecule has 2 heterocycles. The zero-order valence-electron chi connectivity index (χ0n) is 9.41. The smallest absolute Gasteiger partial charge is 0.181 e. The molecule has 0 bridgehead atoms. The Morgan fingerprint density at radius 1 is 1.22 bits per heavy atom. The van der Waals surface area contributed by atoms with Crippen molar-refractivity contribution in [3.63, 3.8) is 0 Å². The normalized spacial score (nSPS) is 10.7. The van der Waals surface area contributed by atoms with Gasteiger partial charge in [0.15, 0.2) is 17.8 Å². The molecule has 0 radical (unpaired) electrons. The second kappa shape index (κ2) is 4.37. The summed E-state index contributed by atoms with van der Waals surface area (Å²) in [6, 6.07) is 6.94. The van der Waals surface area contributed by atoms with Gasteiger partial charge in [0, 0.05) is 11.8 Å². The minimum atomic E-state index is -0.00741. The molecule has 1 aromatic carbocycles. The maximum absolute atomic E-state index is 12.1. The van der Waals surface area contributed by atoms with Gasteiger partial charge < -0.3 is 4.42 Å². The summed E-state index contributed by atoms with van der Waals surface area (Å²) in [7, 11) is 0. The van der Waals surface area contributed by atoms with Crippen LogP contribution in [0.3, 0.4) is 0 Å². The van der Waals surface area contributed by atoms with E-state index in [0.717, 1.165) is 5.52 Å². The predicted octanol–water partition coefficient (Wildman–Crippen LogP) is 2.04. The fourth-order valence-electron chi connectivity index (χ4n) is 1.72. The Labute approximate surface area is 103 Å². The van der Waals surface area contributed by atoms with Crippen LogP contribution < -0.4 is 0 Å². The average Bonchev–Trinajstić information content (AvgIpc) is 2.87. The third kappa shape index (κ3) is 1.98. The quantitative estimate of drug-likeness (QED) is 0.654. The van der Waals surface area contributed by atoms with E-state index in [0.29, 0.717) is 16.8 Å². The molecule has 2 aromatic heterocycles. The molecule has 0 amide bonds. The first-order chi connectivity index (χ1) is 8.83. The van der Waals surface area contributed by atoms with Crippen molar-refractivity contribution in [1.82, 2.24) is 15.0 Å². The Hall–Kier alpha value is -2.56. The third-order valence-corrected chi connectivity index (χ3v) is 2.64. The van der Waals surface area contributed by atoms with E-state index >= 15 is 0 Å². The van der Waals surface area contributed by atoms with Crippen molar-refractivity contribution >= 4 is 16.9 Å². The maximum Gasteiger partial charge on any atom is 0.181 e. The molecule has 0 atom stereocenters. The van der Waals surface area contributed by atoms with Crippen molar-refractivity contribution in [1.29, 1.82) is 0 Å². The summed E-state index contributed by atoms with van der Waals surface area (Å²) in [6.07, 6.45) is 4.67. The van der Waals surface area contributed by atoms with Crippen molar-refractivity contribution in [3.8, 4) is 0 Å². The van der Waals surface area contributed by atoms with E-state index in [1.54, 1.807) is 30.5 Å². The van der Waals surface area contributed by atoms with Crippen LogP contribution >= 0.6 is 0 Å². The van der Waals surface area contributed by atoms with E-state index in [1.165, 1.54) is 12.7 Å². The van der Waals surface area contributed by atoms with Crippen LogP contribution in [0, 0.1) is 0 Å². The summed E-state index contributed by atoms with van der Waals surface area (Å²) in [4.78, 5) is 23.9. The van der Waals surface area contributed by atoms with Gasteiger partial charge in [-0.25, -0.2) is 15.0 Å². The molecular weight excluding hydrogens is 230 g/mol. The van der Waals surface area contributed by atoms with Gasteiger partial charge in [0.25, 0.3) is 0 Å². The van der Waals surface area contributed by atoms with Crippen molar-refractivity contribution in [2.45, 2.75) is 6.42 Å². The first kappa shape index (κ1) is 10.6. The molecular formula is C13H9N3O2. The molecule has 5 heteroatoms. The Balaban J connectivity index is 1.87. The molecule has 0 fully saturated rings. The van der Waals surface area contributed by atoms with Gasteiger partial charge in [0.1, 0.15) is 11.8 Å². The van der Waals surface area contributed by atoms with Crippen LogP contribution in [0.15, 0.2) is 47.6 Å². The van der Waals surface area contributed by atoms with Gasteiger partial charge in [-0.15, -0.1) is 0 Å². The van der Waals surface area contributed by atoms with Gasteiger partial charge in [0.2, 0.25) is 0 Å². The number of benzene rings is 1. The van der Waals surface area contributed by atoms with E-state index in [4.69, 9.17) is 4.42 Å². The van der Waals surface area contributed by atoms with Gasteiger partial charge in [0.05, 0.1) is 12.1 Å². The fraction of sp³-hybridized carbons (Fsp3) is 0.0769. The van der Waals surface area contributed by atoms with Gasteiger partial charge in [-0.1, -0.05) is 0 Å². The summed E-state index contributed by atoms with van der Waals surface area (Å²) >= 11 is 0. The molecule has 3 aromatic rings. The molecule has 88 valence electrons. The van der Waals surface area contributed by atoms with E-state index in [9.17, 15) is 4.79 Å². The highest BCUT2D eigenvalue weighted by atomic mass is 16.3. The zero-order chi connectivity index (χ0) is 12.4. The summed E-state index contributed by atoms with van der Waals surface area (Å²) < 4.78 is 5.17. The van der Waals surface area contributed by atoms with E-state index in [1.807, 2.05) is 0 Å². The Morgan fingerprint density at radius 2 is 2.17 bits per heavy atom. The molecule has 0 saturated heterocycles. The number of hydrogen-bond donors (Lipinski definition) is 0. The van der Waals surface area contributed by atoms with Gasteiger partial charge in [-0.2, -0.15) is 0 Å². The lowest BCUT2D eigenvalue weighted by Gasteiger charge is -2.00. The topological polar surface area (TPSA) is 68.9 Å². The monoisotopic (exact) mass is 239 g/mol. The Kier molecular flexibility index (Phi) is 2.57. The van der Waals surface area contributed by atoms with Gasteiger partial charge in [-0.05, 0) is 24.3 Å². The lowest BCUT2D eigenvalue weighted by atomic mass is 10.1. The molecule has 0 saturated carbocycles. The molecule has 0 aliphatic carbocycles. The van der Waals surface area contributed by atoms with Crippen molar-refractivity contribution in [3.05, 3.63) is 54.4 Å². The highest BCUT2D eigenvalue weighted by molar-refractivity contribution is 5.99. The van der Waals surface area contributed by atoms with Crippen LogP contribution in [0.25, 0.3) is 11.1 Å². The Morgan fingerprint density at radius 3 is 3.00 bits per heavy atom. The third-order valence-electron chi connectivity index (χ3n) is 2.64. The molecule has 5 nitrogen and oxygen atoms in total. The highest BCUT2D eigenvalue weighted by Crippen LogP contribution is 2.15. The van der Waals surface area contributed by atoms with Crippen molar-refractivity contribution in [2.75, 3.05) is 0 Å². The molecule has 0 unspecified atom stereocenters. The highest BCUT2D eigenvalue weighted by Gasteiger charge is 2.09. The first-order valence-electron chi connectivity index (χ1n) is 5.44. The number of fused-ring (bicyclic) bond motifs is 1. The molecule has 0 spiro atoms. The number of hydrogen-bond acceptors (Lipinski definition) is 5. The number of ketones is 1. The summed E-state index contributed by atoms with van der Waals surface area (Å²) in [6.45, 7) is 0. The number of nitrogens with zero attached hydrogens (tertiary/aromatic N) is 3. The minimum absolute atomic E-state index is 0.00741. The lowest BCUT2D eigenvalue weighted by molar-refractivity contribution is 0.0992. The average molecular weight is 239 g/mol. The molecule has 0 aliphatic rings. The zero-order valence-corrected chi connectivity index (χ0v) is 9.41. The van der Waals surface area contributed by atoms with Gasteiger partial charge in [-0.3, -0.25) is 4.79 Å². The predicted molar refractivity (Wildman–Crippen MR) is 64.1 cm³/mol. The molecule has 0 aliphatic heterocycles. The number of carbonyl (C=O) groups is 1. The molecule has 3 rings (SSSR count). The van der Waals surface area contributed by atoms with E-state index in [2.05, 4.69) is 15.0 Å². The van der Waals surface area contributed by atoms with Gasteiger partial charge >= 0.3 is 0 Å². The largest absolute Gasteiger partial charge is 0.443 e. The van der Waals surface area contributed by atoms with Crippen molar-refractivity contribution < 1.29 is 9.21 Å². The van der Waals surface area contributed by atoms with Crippen LogP contribution in [0.5, 0.6) is 0 Å².